The van der Waals surface area contributed by atoms with Gasteiger partial charge in [-0.2, -0.15) is 0 Å². The molecular weight excluding hydrogens is 346 g/mol. The van der Waals surface area contributed by atoms with E-state index in [0.29, 0.717) is 30.0 Å². The fourth-order valence-electron chi connectivity index (χ4n) is 3.18. The molecule has 2 heterocycles. The Bertz CT molecular complexity index is 642. The topological polar surface area (TPSA) is 83.9 Å². The van der Waals surface area contributed by atoms with E-state index >= 15 is 0 Å². The van der Waals surface area contributed by atoms with E-state index in [1.807, 2.05) is 6.07 Å². The second kappa shape index (κ2) is 8.89. The minimum absolute atomic E-state index is 0.0841. The molecule has 0 bridgehead atoms. The first-order valence-electron chi connectivity index (χ1n) is 9.83. The van der Waals surface area contributed by atoms with Crippen LogP contribution in [0.4, 0.5) is 5.69 Å². The van der Waals surface area contributed by atoms with Crippen LogP contribution in [0.3, 0.4) is 0 Å². The third kappa shape index (κ3) is 5.32. The average Bonchev–Trinajstić information content (AvgIpc) is 3.43. The molecule has 1 atom stereocenters. The molecule has 7 nitrogen and oxygen atoms in total. The van der Waals surface area contributed by atoms with Gasteiger partial charge in [-0.05, 0) is 43.2 Å². The highest BCUT2D eigenvalue weighted by Crippen LogP contribution is 2.34. The summed E-state index contributed by atoms with van der Waals surface area (Å²) in [6.07, 6.45) is 3.33. The van der Waals surface area contributed by atoms with Crippen LogP contribution in [0.2, 0.25) is 0 Å². The molecule has 1 aromatic rings. The minimum atomic E-state index is -0.282. The highest BCUT2D eigenvalue weighted by molar-refractivity contribution is 5.93. The van der Waals surface area contributed by atoms with Gasteiger partial charge in [0.05, 0.1) is 25.4 Å². The lowest BCUT2D eigenvalue weighted by Gasteiger charge is -2.40. The summed E-state index contributed by atoms with van der Waals surface area (Å²) < 4.78 is 11.3. The Morgan fingerprint density at radius 3 is 2.70 bits per heavy atom. The molecule has 7 heteroatoms. The molecule has 0 spiro atoms. The van der Waals surface area contributed by atoms with Gasteiger partial charge in [-0.25, -0.2) is 4.98 Å². The van der Waals surface area contributed by atoms with Gasteiger partial charge >= 0.3 is 0 Å². The van der Waals surface area contributed by atoms with Crippen LogP contribution in [-0.2, 0) is 4.74 Å². The first-order valence-corrected chi connectivity index (χ1v) is 9.83. The second-order valence-electron chi connectivity index (χ2n) is 8.02. The van der Waals surface area contributed by atoms with Gasteiger partial charge in [0, 0.05) is 20.2 Å². The Kier molecular flexibility index (Phi) is 6.55. The fraction of sp³-hybridized carbons (Fsp3) is 0.700. The zero-order valence-electron chi connectivity index (χ0n) is 16.5. The van der Waals surface area contributed by atoms with Crippen molar-refractivity contribution < 1.29 is 19.4 Å². The van der Waals surface area contributed by atoms with Crippen LogP contribution in [0.15, 0.2) is 12.1 Å². The summed E-state index contributed by atoms with van der Waals surface area (Å²) in [5.74, 6) is 1.21. The van der Waals surface area contributed by atoms with E-state index in [4.69, 9.17) is 9.47 Å². The quantitative estimate of drug-likeness (QED) is 0.647. The van der Waals surface area contributed by atoms with Gasteiger partial charge in [-0.1, -0.05) is 13.8 Å². The monoisotopic (exact) mass is 377 g/mol. The maximum Gasteiger partial charge on any atom is 0.270 e. The van der Waals surface area contributed by atoms with E-state index in [9.17, 15) is 9.90 Å². The van der Waals surface area contributed by atoms with Crippen molar-refractivity contribution in [2.75, 3.05) is 38.3 Å². The number of pyridine rings is 1. The molecule has 27 heavy (non-hydrogen) atoms. The maximum absolute atomic E-state index is 12.6. The molecule has 2 aliphatic rings. The van der Waals surface area contributed by atoms with Gasteiger partial charge in [-0.15, -0.1) is 0 Å². The molecule has 1 aromatic heterocycles. The largest absolute Gasteiger partial charge is 0.476 e. The summed E-state index contributed by atoms with van der Waals surface area (Å²) in [7, 11) is 1.72. The predicted octanol–water partition coefficient (Wildman–Crippen LogP) is 1.84. The Hall–Kier alpha value is -1.86. The fourth-order valence-corrected chi connectivity index (χ4v) is 3.18. The Morgan fingerprint density at radius 2 is 2.11 bits per heavy atom. The van der Waals surface area contributed by atoms with Crippen LogP contribution in [0.1, 0.15) is 43.6 Å². The molecule has 0 unspecified atom stereocenters. The first kappa shape index (κ1) is 19.9. The van der Waals surface area contributed by atoms with Crippen LogP contribution in [-0.4, -0.2) is 61.6 Å². The van der Waals surface area contributed by atoms with E-state index in [1.54, 1.807) is 13.2 Å². The number of carbonyl (C=O) groups is 1. The van der Waals surface area contributed by atoms with Gasteiger partial charge < -0.3 is 24.8 Å². The van der Waals surface area contributed by atoms with E-state index in [2.05, 4.69) is 29.0 Å². The summed E-state index contributed by atoms with van der Waals surface area (Å²) in [5, 5.41) is 12.4. The van der Waals surface area contributed by atoms with Gasteiger partial charge in [0.15, 0.2) is 0 Å². The van der Waals surface area contributed by atoms with Crippen LogP contribution >= 0.6 is 0 Å². The molecule has 0 aromatic carbocycles. The van der Waals surface area contributed by atoms with Crippen LogP contribution in [0.25, 0.3) is 0 Å². The number of hydrogen-bond donors (Lipinski definition) is 2. The summed E-state index contributed by atoms with van der Waals surface area (Å²) >= 11 is 0. The second-order valence-corrected chi connectivity index (χ2v) is 8.02. The highest BCUT2D eigenvalue weighted by atomic mass is 16.5. The van der Waals surface area contributed by atoms with E-state index in [-0.39, 0.29) is 24.7 Å². The Labute approximate surface area is 161 Å². The smallest absolute Gasteiger partial charge is 0.270 e. The molecule has 1 saturated carbocycles. The predicted molar refractivity (Wildman–Crippen MR) is 103 cm³/mol. The zero-order chi connectivity index (χ0) is 19.4. The Balaban J connectivity index is 1.71. The van der Waals surface area contributed by atoms with Crippen molar-refractivity contribution in [3.05, 3.63) is 17.8 Å². The number of nitrogens with zero attached hydrogens (tertiary/aromatic N) is 2. The van der Waals surface area contributed by atoms with Crippen LogP contribution in [0.5, 0.6) is 5.88 Å². The zero-order valence-corrected chi connectivity index (χ0v) is 16.5. The summed E-state index contributed by atoms with van der Waals surface area (Å²) in [5.41, 5.74) is 1.22. The van der Waals surface area contributed by atoms with Crippen molar-refractivity contribution in [2.24, 2.45) is 11.8 Å². The molecular formula is C20H31N3O4. The number of amides is 1. The van der Waals surface area contributed by atoms with E-state index in [1.165, 1.54) is 12.8 Å². The standard InChI is InChI=1S/C20H31N3O4/c1-13(2)8-15(11-24)21-19(25)17-6-7-18(23-9-16(10-23)26-3)20(22-17)27-12-14-4-5-14/h6-7,13-16,24H,4-5,8-12H2,1-3H3,(H,21,25)/t15-/m1/s1. The average molecular weight is 377 g/mol. The van der Waals surface area contributed by atoms with Gasteiger partial charge in [0.25, 0.3) is 5.91 Å². The van der Waals surface area contributed by atoms with Crippen LogP contribution < -0.4 is 15.0 Å². The SMILES string of the molecule is COC1CN(c2ccc(C(=O)N[C@@H](CO)CC(C)C)nc2OCC2CC2)C1. The number of ether oxygens (including phenoxy) is 2. The lowest BCUT2D eigenvalue weighted by atomic mass is 10.0. The van der Waals surface area contributed by atoms with E-state index < -0.39 is 0 Å². The number of aliphatic hydroxyl groups is 1. The van der Waals surface area contributed by atoms with Crippen molar-refractivity contribution in [1.29, 1.82) is 0 Å². The third-order valence-electron chi connectivity index (χ3n) is 5.06. The highest BCUT2D eigenvalue weighted by Gasteiger charge is 2.31. The van der Waals surface area contributed by atoms with E-state index in [0.717, 1.165) is 25.2 Å². The number of nitrogens with one attached hydrogen (secondary N) is 1. The molecule has 150 valence electrons. The first-order chi connectivity index (χ1) is 13.0. The Morgan fingerprint density at radius 1 is 1.37 bits per heavy atom. The molecule has 1 amide bonds. The van der Waals surface area contributed by atoms with Gasteiger partial charge in [0.2, 0.25) is 5.88 Å². The maximum atomic E-state index is 12.6. The molecule has 1 aliphatic carbocycles. The molecule has 0 radical (unpaired) electrons. The lowest BCUT2D eigenvalue weighted by Crippen LogP contribution is -2.52. The number of aliphatic hydroxyl groups excluding tert-OH is 1. The normalized spacial score (nSPS) is 18.3. The summed E-state index contributed by atoms with van der Waals surface area (Å²) in [4.78, 5) is 19.2. The van der Waals surface area contributed by atoms with Crippen molar-refractivity contribution in [3.8, 4) is 5.88 Å². The van der Waals surface area contributed by atoms with Crippen LogP contribution in [0, 0.1) is 11.8 Å². The van der Waals surface area contributed by atoms with Crippen molar-refractivity contribution in [1.82, 2.24) is 10.3 Å². The van der Waals surface area contributed by atoms with Gasteiger partial charge in [-0.3, -0.25) is 4.79 Å². The number of anilines is 1. The molecule has 1 saturated heterocycles. The van der Waals surface area contributed by atoms with Crippen molar-refractivity contribution >= 4 is 11.6 Å². The van der Waals surface area contributed by atoms with Crippen molar-refractivity contribution in [2.45, 2.75) is 45.3 Å². The number of rotatable bonds is 10. The number of aromatic nitrogens is 1. The third-order valence-corrected chi connectivity index (χ3v) is 5.06. The summed E-state index contributed by atoms with van der Waals surface area (Å²) in [6, 6.07) is 3.35. The number of carbonyl (C=O) groups excluding carboxylic acids is 1. The summed E-state index contributed by atoms with van der Waals surface area (Å²) in [6.45, 7) is 6.27. The molecule has 2 fully saturated rings. The lowest BCUT2D eigenvalue weighted by molar-refractivity contribution is 0.0782. The van der Waals surface area contributed by atoms with Crippen molar-refractivity contribution in [3.63, 3.8) is 0 Å². The number of hydrogen-bond acceptors (Lipinski definition) is 6. The van der Waals surface area contributed by atoms with Gasteiger partial charge in [0.1, 0.15) is 11.4 Å². The molecule has 2 N–H and O–H groups in total. The molecule has 1 aliphatic heterocycles. The molecule has 3 rings (SSSR count). The number of methoxy groups -OCH3 is 1. The minimum Gasteiger partial charge on any atom is -0.476 e.